The Kier molecular flexibility index (Phi) is 4.57. The molecule has 0 aromatic heterocycles. The minimum Gasteiger partial charge on any atom is -0.312 e. The first-order chi connectivity index (χ1) is 7.65. The molecule has 0 heterocycles. The summed E-state index contributed by atoms with van der Waals surface area (Å²) in [7, 11) is -3.92. The lowest BCUT2D eigenvalue weighted by Crippen LogP contribution is -2.01. The fraction of sp³-hybridized carbons (Fsp3) is 0.714. The molecule has 0 unspecified atom stereocenters. The van der Waals surface area contributed by atoms with Crippen LogP contribution in [0.15, 0.2) is 11.9 Å². The second-order valence-electron chi connectivity index (χ2n) is 2.28. The van der Waals surface area contributed by atoms with Crippen molar-refractivity contribution in [3.05, 3.63) is 11.9 Å². The van der Waals surface area contributed by atoms with Gasteiger partial charge in [0.25, 0.3) is 0 Å². The van der Waals surface area contributed by atoms with Crippen LogP contribution in [-0.4, -0.2) is 34.6 Å². The van der Waals surface area contributed by atoms with E-state index in [1.165, 1.54) is 0 Å². The van der Waals surface area contributed by atoms with E-state index in [1.807, 2.05) is 0 Å². The topological polar surface area (TPSA) is 71.1 Å². The van der Waals surface area contributed by atoms with Crippen LogP contribution in [0.4, 0.5) is 0 Å². The van der Waals surface area contributed by atoms with Gasteiger partial charge in [-0.05, 0) is 0 Å². The van der Waals surface area contributed by atoms with Gasteiger partial charge in [0.05, 0.1) is 6.11 Å². The van der Waals surface area contributed by atoms with Crippen LogP contribution in [-0.2, 0) is 27.2 Å². The Morgan fingerprint density at radius 2 is 1.53 bits per heavy atom. The molecule has 0 amide bonds. The van der Waals surface area contributed by atoms with E-state index >= 15 is 0 Å². The van der Waals surface area contributed by atoms with Gasteiger partial charge in [-0.3, -0.25) is 9.13 Å². The molecular weight excluding hydrogens is 242 g/mol. The predicted octanol–water partition coefficient (Wildman–Crippen LogP) is 2.47. The molecule has 0 saturated carbocycles. The zero-order valence-electron chi connectivity index (χ0n) is 11.1. The van der Waals surface area contributed by atoms with Gasteiger partial charge in [0.1, 0.15) is 0 Å². The maximum atomic E-state index is 12.0. The monoisotopic (exact) mass is 260 g/mol. The first-order valence-electron chi connectivity index (χ1n) is 4.78. The normalized spacial score (nSPS) is 15.7. The van der Waals surface area contributed by atoms with Gasteiger partial charge in [-0.25, -0.2) is 0 Å². The Morgan fingerprint density at radius 1 is 1.13 bits per heavy atom. The molecule has 6 nitrogen and oxygen atoms in total. The summed E-state index contributed by atoms with van der Waals surface area (Å²) in [6.07, 6.45) is -2.70. The van der Waals surface area contributed by atoms with Gasteiger partial charge >= 0.3 is 15.2 Å². The highest BCUT2D eigenvalue weighted by Crippen LogP contribution is 2.60. The third-order valence-electron chi connectivity index (χ3n) is 1.56. The number of hydrogen-bond donors (Lipinski definition) is 0. The molecule has 0 rings (SSSR count). The smallest absolute Gasteiger partial charge is 0.312 e. The number of allylic oxidation sites excluding steroid dienone is 1. The summed E-state index contributed by atoms with van der Waals surface area (Å²) in [5.41, 5.74) is 0. The van der Waals surface area contributed by atoms with Gasteiger partial charge in [0, 0.05) is 36.5 Å². The predicted molar refractivity (Wildman–Crippen MR) is 57.3 cm³/mol. The minimum absolute atomic E-state index is 0.623. The van der Waals surface area contributed by atoms with Gasteiger partial charge in [-0.15, -0.1) is 0 Å². The lowest BCUT2D eigenvalue weighted by Gasteiger charge is -2.19. The fourth-order valence-corrected chi connectivity index (χ4v) is 2.77. The second kappa shape index (κ2) is 5.94. The third kappa shape index (κ3) is 3.83. The van der Waals surface area contributed by atoms with E-state index in [-0.39, 0.29) is 0 Å². The molecule has 0 aromatic carbocycles. The standard InChI is InChI=1S/C7H16O6P2/c1-7(15(9,12-4)13-5)6-14(8,10-2)11-3/h1,6H2,2-5H3/i6D2. The second-order valence-corrected chi connectivity index (χ2v) is 6.50. The highest BCUT2D eigenvalue weighted by molar-refractivity contribution is 7.61. The van der Waals surface area contributed by atoms with Crippen LogP contribution in [0.2, 0.25) is 0 Å². The molecule has 0 bridgehead atoms. The molecular formula is C7H16O6P2. The lowest BCUT2D eigenvalue weighted by atomic mass is 10.7. The first kappa shape index (κ1) is 11.5. The van der Waals surface area contributed by atoms with Crippen molar-refractivity contribution in [2.24, 2.45) is 0 Å². The first-order valence-corrected chi connectivity index (χ1v) is 6.86. The number of rotatable bonds is 7. The largest absolute Gasteiger partial charge is 0.356 e. The molecule has 0 N–H and O–H groups in total. The molecule has 0 radical (unpaired) electrons. The van der Waals surface area contributed by atoms with Crippen molar-refractivity contribution in [3.63, 3.8) is 0 Å². The fourth-order valence-electron chi connectivity index (χ4n) is 0.680. The van der Waals surface area contributed by atoms with Gasteiger partial charge in [-0.2, -0.15) is 0 Å². The van der Waals surface area contributed by atoms with E-state index in [9.17, 15) is 9.13 Å². The summed E-state index contributed by atoms with van der Waals surface area (Å²) >= 11 is 0. The van der Waals surface area contributed by atoms with E-state index in [1.54, 1.807) is 0 Å². The molecule has 0 spiro atoms. The van der Waals surface area contributed by atoms with Crippen molar-refractivity contribution < 1.29 is 30.0 Å². The third-order valence-corrected chi connectivity index (χ3v) is 4.97. The summed E-state index contributed by atoms with van der Waals surface area (Å²) < 4.78 is 57.5. The summed E-state index contributed by atoms with van der Waals surface area (Å²) in [5.74, 6) is 0. The van der Waals surface area contributed by atoms with Crippen LogP contribution >= 0.6 is 15.2 Å². The van der Waals surface area contributed by atoms with Crippen LogP contribution in [0.3, 0.4) is 0 Å². The SMILES string of the molecule is [2H]C([2H])(C(=C)P(=O)(OC)OC)P(=O)(OC)OC. The summed E-state index contributed by atoms with van der Waals surface area (Å²) in [6.45, 7) is 3.28. The van der Waals surface area contributed by atoms with Crippen molar-refractivity contribution in [3.8, 4) is 0 Å². The molecule has 0 aliphatic carbocycles. The molecule has 0 saturated heterocycles. The van der Waals surface area contributed by atoms with Crippen LogP contribution < -0.4 is 0 Å². The molecule has 0 atom stereocenters. The molecule has 0 aromatic rings. The van der Waals surface area contributed by atoms with Gasteiger partial charge in [0.2, 0.25) is 0 Å². The van der Waals surface area contributed by atoms with Crippen molar-refractivity contribution in [2.45, 2.75) is 0 Å². The van der Waals surface area contributed by atoms with Gasteiger partial charge < -0.3 is 18.1 Å². The van der Waals surface area contributed by atoms with Crippen molar-refractivity contribution >= 4 is 15.2 Å². The number of hydrogen-bond acceptors (Lipinski definition) is 6. The molecule has 0 aliphatic rings. The van der Waals surface area contributed by atoms with Crippen molar-refractivity contribution in [2.75, 3.05) is 34.6 Å². The summed E-state index contributed by atoms with van der Waals surface area (Å²) in [5, 5.41) is -0.623. The molecule has 8 heteroatoms. The van der Waals surface area contributed by atoms with Crippen LogP contribution in [0.25, 0.3) is 0 Å². The van der Waals surface area contributed by atoms with Crippen LogP contribution in [0.1, 0.15) is 2.74 Å². The Bertz CT molecular complexity index is 367. The summed E-state index contributed by atoms with van der Waals surface area (Å²) in [4.78, 5) is 0. The van der Waals surface area contributed by atoms with E-state index in [0.717, 1.165) is 28.4 Å². The zero-order valence-corrected chi connectivity index (χ0v) is 10.8. The lowest BCUT2D eigenvalue weighted by molar-refractivity contribution is 0.272. The highest BCUT2D eigenvalue weighted by atomic mass is 31.2. The van der Waals surface area contributed by atoms with Gasteiger partial charge in [0.15, 0.2) is 0 Å². The quantitative estimate of drug-likeness (QED) is 0.655. The minimum atomic E-state index is -4.16. The highest BCUT2D eigenvalue weighted by Gasteiger charge is 2.33. The van der Waals surface area contributed by atoms with Crippen LogP contribution in [0.5, 0.6) is 0 Å². The maximum Gasteiger partial charge on any atom is 0.356 e. The van der Waals surface area contributed by atoms with Crippen molar-refractivity contribution in [1.29, 1.82) is 0 Å². The van der Waals surface area contributed by atoms with Gasteiger partial charge in [-0.1, -0.05) is 6.58 Å². The van der Waals surface area contributed by atoms with E-state index in [0.29, 0.717) is 0 Å². The molecule has 0 fully saturated rings. The van der Waals surface area contributed by atoms with E-state index < -0.39 is 26.6 Å². The average Bonchev–Trinajstić information content (AvgIpc) is 2.35. The zero-order chi connectivity index (χ0) is 13.9. The molecule has 90 valence electrons. The Labute approximate surface area is 92.4 Å². The van der Waals surface area contributed by atoms with Crippen molar-refractivity contribution in [1.82, 2.24) is 0 Å². The van der Waals surface area contributed by atoms with Crippen LogP contribution in [0, 0.1) is 0 Å². The Morgan fingerprint density at radius 3 is 1.80 bits per heavy atom. The molecule has 15 heavy (non-hydrogen) atoms. The molecule has 0 aliphatic heterocycles. The van der Waals surface area contributed by atoms with E-state index in [4.69, 9.17) is 2.74 Å². The summed E-state index contributed by atoms with van der Waals surface area (Å²) in [6, 6.07) is 0. The average molecular weight is 260 g/mol. The maximum absolute atomic E-state index is 12.0. The van der Waals surface area contributed by atoms with E-state index in [2.05, 4.69) is 24.7 Å². The Balaban J connectivity index is 5.56. The Hall–Kier alpha value is 0.0400.